The number of hydrogen-bond donors (Lipinski definition) is 0. The van der Waals surface area contributed by atoms with Crippen LogP contribution in [0.4, 0.5) is 0 Å². The van der Waals surface area contributed by atoms with E-state index in [0.29, 0.717) is 16.1 Å². The molecule has 0 saturated carbocycles. The molecule has 0 aliphatic carbocycles. The van der Waals surface area contributed by atoms with Gasteiger partial charge in [-0.2, -0.15) is 0 Å². The van der Waals surface area contributed by atoms with Crippen molar-refractivity contribution in [2.24, 2.45) is 0 Å². The lowest BCUT2D eigenvalue weighted by Gasteiger charge is -2.02. The molecule has 0 N–H and O–H groups in total. The standard InChI is InChI=1S/C10H9ClO3/c1-14-10(13)8-4-7(2-3-12)5-9(11)6-8/h3-6H,2H2,1H3. The summed E-state index contributed by atoms with van der Waals surface area (Å²) in [7, 11) is 1.29. The van der Waals surface area contributed by atoms with Gasteiger partial charge in [-0.05, 0) is 23.8 Å². The summed E-state index contributed by atoms with van der Waals surface area (Å²) in [4.78, 5) is 21.4. The van der Waals surface area contributed by atoms with E-state index in [9.17, 15) is 9.59 Å². The Bertz CT molecular complexity index is 360. The average molecular weight is 213 g/mol. The van der Waals surface area contributed by atoms with Gasteiger partial charge in [-0.1, -0.05) is 11.6 Å². The first-order chi connectivity index (χ1) is 6.67. The Morgan fingerprint density at radius 3 is 2.79 bits per heavy atom. The molecule has 0 aliphatic rings. The van der Waals surface area contributed by atoms with Crippen molar-refractivity contribution in [3.63, 3.8) is 0 Å². The summed E-state index contributed by atoms with van der Waals surface area (Å²) in [6.07, 6.45) is 0.997. The molecule has 0 saturated heterocycles. The fraction of sp³-hybridized carbons (Fsp3) is 0.200. The Hall–Kier alpha value is -1.35. The molecular formula is C10H9ClO3. The largest absolute Gasteiger partial charge is 0.465 e. The van der Waals surface area contributed by atoms with E-state index in [1.807, 2.05) is 0 Å². The molecule has 0 amide bonds. The molecule has 0 spiro atoms. The van der Waals surface area contributed by atoms with E-state index >= 15 is 0 Å². The van der Waals surface area contributed by atoms with E-state index in [0.717, 1.165) is 6.29 Å². The second-order valence-corrected chi connectivity index (χ2v) is 3.15. The lowest BCUT2D eigenvalue weighted by molar-refractivity contribution is -0.107. The molecule has 0 fully saturated rings. The molecule has 0 heterocycles. The summed E-state index contributed by atoms with van der Waals surface area (Å²) >= 11 is 5.76. The van der Waals surface area contributed by atoms with Crippen molar-refractivity contribution < 1.29 is 14.3 Å². The normalized spacial score (nSPS) is 9.57. The van der Waals surface area contributed by atoms with Crippen molar-refractivity contribution in [2.75, 3.05) is 7.11 Å². The van der Waals surface area contributed by atoms with Crippen LogP contribution < -0.4 is 0 Å². The maximum atomic E-state index is 11.2. The third-order valence-corrected chi connectivity index (χ3v) is 1.92. The van der Waals surface area contributed by atoms with Crippen LogP contribution in [0.25, 0.3) is 0 Å². The summed E-state index contributed by atoms with van der Waals surface area (Å²) in [6, 6.07) is 4.73. The second kappa shape index (κ2) is 4.77. The summed E-state index contributed by atoms with van der Waals surface area (Å²) in [6.45, 7) is 0. The first-order valence-electron chi connectivity index (χ1n) is 3.99. The number of hydrogen-bond acceptors (Lipinski definition) is 3. The SMILES string of the molecule is COC(=O)c1cc(Cl)cc(CC=O)c1. The Morgan fingerprint density at radius 1 is 1.50 bits per heavy atom. The van der Waals surface area contributed by atoms with Crippen LogP contribution in [0.2, 0.25) is 5.02 Å². The molecule has 0 aromatic heterocycles. The first-order valence-corrected chi connectivity index (χ1v) is 4.36. The van der Waals surface area contributed by atoms with Crippen molar-refractivity contribution in [2.45, 2.75) is 6.42 Å². The molecule has 0 aliphatic heterocycles. The van der Waals surface area contributed by atoms with Gasteiger partial charge in [-0.15, -0.1) is 0 Å². The summed E-state index contributed by atoms with van der Waals surface area (Å²) in [5.74, 6) is -0.459. The van der Waals surface area contributed by atoms with Gasteiger partial charge in [0.05, 0.1) is 12.7 Å². The topological polar surface area (TPSA) is 43.4 Å². The molecule has 0 unspecified atom stereocenters. The molecule has 1 rings (SSSR count). The highest BCUT2D eigenvalue weighted by Crippen LogP contribution is 2.15. The third kappa shape index (κ3) is 2.57. The molecule has 3 nitrogen and oxygen atoms in total. The van der Waals surface area contributed by atoms with E-state index in [-0.39, 0.29) is 6.42 Å². The van der Waals surface area contributed by atoms with Gasteiger partial charge in [-0.25, -0.2) is 4.79 Å². The van der Waals surface area contributed by atoms with Crippen molar-refractivity contribution in [1.82, 2.24) is 0 Å². The van der Waals surface area contributed by atoms with E-state index < -0.39 is 5.97 Å². The molecule has 0 bridgehead atoms. The smallest absolute Gasteiger partial charge is 0.337 e. The van der Waals surface area contributed by atoms with Crippen LogP contribution in [0, 0.1) is 0 Å². The minimum Gasteiger partial charge on any atom is -0.465 e. The molecule has 4 heteroatoms. The quantitative estimate of drug-likeness (QED) is 0.568. The van der Waals surface area contributed by atoms with Gasteiger partial charge in [0.2, 0.25) is 0 Å². The van der Waals surface area contributed by atoms with Gasteiger partial charge in [-0.3, -0.25) is 0 Å². The van der Waals surface area contributed by atoms with Crippen LogP contribution in [0.5, 0.6) is 0 Å². The van der Waals surface area contributed by atoms with Crippen LogP contribution in [-0.2, 0) is 16.0 Å². The van der Waals surface area contributed by atoms with Crippen LogP contribution in [0.15, 0.2) is 18.2 Å². The highest BCUT2D eigenvalue weighted by Gasteiger charge is 2.07. The number of ether oxygens (including phenoxy) is 1. The molecule has 0 radical (unpaired) electrons. The monoisotopic (exact) mass is 212 g/mol. The Balaban J connectivity index is 3.06. The maximum absolute atomic E-state index is 11.2. The van der Waals surface area contributed by atoms with Crippen molar-refractivity contribution >= 4 is 23.9 Å². The second-order valence-electron chi connectivity index (χ2n) is 2.71. The van der Waals surface area contributed by atoms with Crippen LogP contribution in [-0.4, -0.2) is 19.4 Å². The minimum atomic E-state index is -0.459. The Kier molecular flexibility index (Phi) is 3.65. The predicted octanol–water partition coefficient (Wildman–Crippen LogP) is 1.87. The molecule has 14 heavy (non-hydrogen) atoms. The highest BCUT2D eigenvalue weighted by atomic mass is 35.5. The number of halogens is 1. The van der Waals surface area contributed by atoms with Gasteiger partial charge < -0.3 is 9.53 Å². The molecule has 1 aromatic carbocycles. The fourth-order valence-corrected chi connectivity index (χ4v) is 1.36. The van der Waals surface area contributed by atoms with E-state index in [4.69, 9.17) is 11.6 Å². The van der Waals surface area contributed by atoms with Gasteiger partial charge in [0, 0.05) is 11.4 Å². The van der Waals surface area contributed by atoms with E-state index in [1.165, 1.54) is 13.2 Å². The number of carbonyl (C=O) groups excluding carboxylic acids is 2. The average Bonchev–Trinajstić information content (AvgIpc) is 2.16. The van der Waals surface area contributed by atoms with Crippen LogP contribution in [0.1, 0.15) is 15.9 Å². The zero-order valence-corrected chi connectivity index (χ0v) is 8.38. The summed E-state index contributed by atoms with van der Waals surface area (Å²) in [5.41, 5.74) is 1.06. The number of methoxy groups -OCH3 is 1. The zero-order valence-electron chi connectivity index (χ0n) is 7.62. The number of rotatable bonds is 3. The van der Waals surface area contributed by atoms with Crippen molar-refractivity contribution in [3.05, 3.63) is 34.3 Å². The lowest BCUT2D eigenvalue weighted by Crippen LogP contribution is -2.02. The van der Waals surface area contributed by atoms with E-state index in [1.54, 1.807) is 12.1 Å². The Morgan fingerprint density at radius 2 is 2.21 bits per heavy atom. The van der Waals surface area contributed by atoms with E-state index in [2.05, 4.69) is 4.74 Å². The lowest BCUT2D eigenvalue weighted by atomic mass is 10.1. The Labute approximate surface area is 86.6 Å². The summed E-state index contributed by atoms with van der Waals surface area (Å²) in [5, 5.41) is 0.421. The predicted molar refractivity (Wildman–Crippen MR) is 52.6 cm³/mol. The van der Waals surface area contributed by atoms with Gasteiger partial charge in [0.1, 0.15) is 6.29 Å². The number of esters is 1. The number of carbonyl (C=O) groups is 2. The van der Waals surface area contributed by atoms with Crippen LogP contribution >= 0.6 is 11.6 Å². The summed E-state index contributed by atoms with van der Waals surface area (Å²) < 4.78 is 4.54. The van der Waals surface area contributed by atoms with Crippen LogP contribution in [0.3, 0.4) is 0 Å². The van der Waals surface area contributed by atoms with Gasteiger partial charge in [0.15, 0.2) is 0 Å². The molecule has 0 atom stereocenters. The van der Waals surface area contributed by atoms with Gasteiger partial charge >= 0.3 is 5.97 Å². The minimum absolute atomic E-state index is 0.241. The zero-order chi connectivity index (χ0) is 10.6. The van der Waals surface area contributed by atoms with Crippen molar-refractivity contribution in [1.29, 1.82) is 0 Å². The number of benzene rings is 1. The fourth-order valence-electron chi connectivity index (χ4n) is 1.10. The number of aldehydes is 1. The highest BCUT2D eigenvalue weighted by molar-refractivity contribution is 6.31. The third-order valence-electron chi connectivity index (χ3n) is 1.70. The van der Waals surface area contributed by atoms with Crippen molar-refractivity contribution in [3.8, 4) is 0 Å². The molecule has 74 valence electrons. The molecular weight excluding hydrogens is 204 g/mol. The maximum Gasteiger partial charge on any atom is 0.337 e. The molecule has 1 aromatic rings. The first kappa shape index (κ1) is 10.7. The van der Waals surface area contributed by atoms with Gasteiger partial charge in [0.25, 0.3) is 0 Å².